The number of benzene rings is 4. The molecule has 0 spiro atoms. The molecule has 5 aromatic heterocycles. The molecule has 6 heteroatoms. The molecule has 0 fully saturated rings. The van der Waals surface area contributed by atoms with Crippen molar-refractivity contribution in [2.45, 2.75) is 305 Å². The van der Waals surface area contributed by atoms with Crippen molar-refractivity contribution >= 4 is 76.6 Å². The van der Waals surface area contributed by atoms with Crippen LogP contribution in [0.15, 0.2) is 97.1 Å². The summed E-state index contributed by atoms with van der Waals surface area (Å²) < 4.78 is 2.86. The van der Waals surface area contributed by atoms with Gasteiger partial charge in [-0.05, 0) is 111 Å². The maximum atomic E-state index is 5.96. The minimum absolute atomic E-state index is 0.966. The lowest BCUT2D eigenvalue weighted by atomic mass is 9.98. The largest absolute Gasteiger partial charge is 0.243 e. The smallest absolute Gasteiger partial charge is 0.0988 e. The van der Waals surface area contributed by atoms with E-state index >= 15 is 0 Å². The second kappa shape index (κ2) is 39.4. The highest BCUT2D eigenvalue weighted by atomic mass is 32.1. The first-order valence-corrected chi connectivity index (χ1v) is 40.7. The van der Waals surface area contributed by atoms with Crippen LogP contribution < -0.4 is 0 Å². The van der Waals surface area contributed by atoms with Crippen LogP contribution in [-0.4, -0.2) is 9.97 Å². The molecule has 0 saturated heterocycles. The maximum Gasteiger partial charge on any atom is 0.0988 e. The van der Waals surface area contributed by atoms with E-state index in [9.17, 15) is 0 Å². The fourth-order valence-electron chi connectivity index (χ4n) is 14.0. The number of aryl methyl sites for hydroxylation is 6. The summed E-state index contributed by atoms with van der Waals surface area (Å²) in [6.07, 6.45) is 55.8. The van der Waals surface area contributed by atoms with Gasteiger partial charge < -0.3 is 0 Å². The van der Waals surface area contributed by atoms with E-state index in [2.05, 4.69) is 139 Å². The number of thiophene rings is 4. The molecule has 0 aliphatic carbocycles. The molecule has 0 aliphatic heterocycles. The van der Waals surface area contributed by atoms with Crippen LogP contribution in [-0.2, 0) is 19.3 Å². The first-order chi connectivity index (χ1) is 44.8. The summed E-state index contributed by atoms with van der Waals surface area (Å²) in [6, 6.07) is 38.0. The summed E-state index contributed by atoms with van der Waals surface area (Å²) in [5.74, 6) is 0. The zero-order valence-electron chi connectivity index (χ0n) is 57.8. The highest BCUT2D eigenvalue weighted by Gasteiger charge is 2.24. The SMILES string of the molecule is CCCCCCCCCCCCCCCCCCCCc1ccc(-c2nc3c(-c4cc(CCCCCCCCCCCC)c(C)s4)ccc(-c4cc(CCCCCCCCCCCC)c(-c5cc6ccc7cc(C)sc7c6s5)s4)c3nc2-c2ccc(C)cc2)cc1. The van der Waals surface area contributed by atoms with Crippen molar-refractivity contribution in [3.63, 3.8) is 0 Å². The predicted molar refractivity (Wildman–Crippen MR) is 411 cm³/mol. The number of aromatic nitrogens is 2. The number of hydrogen-bond acceptors (Lipinski definition) is 6. The maximum absolute atomic E-state index is 5.96. The Balaban J connectivity index is 0.968. The van der Waals surface area contributed by atoms with Gasteiger partial charge in [-0.3, -0.25) is 0 Å². The molecule has 0 bridgehead atoms. The normalized spacial score (nSPS) is 11.9. The Kier molecular flexibility index (Phi) is 30.7. The van der Waals surface area contributed by atoms with E-state index in [1.807, 2.05) is 45.3 Å². The molecule has 9 rings (SSSR count). The molecule has 0 aliphatic rings. The molecule has 0 saturated carbocycles. The summed E-state index contributed by atoms with van der Waals surface area (Å²) in [6.45, 7) is 13.7. The van der Waals surface area contributed by atoms with Crippen molar-refractivity contribution in [1.29, 1.82) is 0 Å². The molecule has 9 aromatic rings. The van der Waals surface area contributed by atoms with Gasteiger partial charge >= 0.3 is 0 Å². The van der Waals surface area contributed by atoms with Crippen LogP contribution in [0.3, 0.4) is 0 Å². The molecular weight excluding hydrogens is 1180 g/mol. The number of hydrogen-bond donors (Lipinski definition) is 0. The highest BCUT2D eigenvalue weighted by molar-refractivity contribution is 7.31. The number of nitrogens with zero attached hydrogens (tertiary/aromatic N) is 2. The third-order valence-corrected chi connectivity index (χ3v) is 24.6. The van der Waals surface area contributed by atoms with E-state index in [4.69, 9.17) is 9.97 Å². The quantitative estimate of drug-likeness (QED) is 0.0355. The van der Waals surface area contributed by atoms with Crippen molar-refractivity contribution in [2.24, 2.45) is 0 Å². The van der Waals surface area contributed by atoms with E-state index in [0.29, 0.717) is 0 Å². The van der Waals surface area contributed by atoms with Gasteiger partial charge in [0.05, 0.1) is 31.8 Å². The fraction of sp³-hybridized carbons (Fsp3) is 0.553. The Bertz CT molecular complexity index is 3510. The third-order valence-electron chi connectivity index (χ3n) is 19.7. The fourth-order valence-corrected chi connectivity index (χ4v) is 18.8. The summed E-state index contributed by atoms with van der Waals surface area (Å²) in [7, 11) is 0. The molecule has 5 heterocycles. The van der Waals surface area contributed by atoms with E-state index in [0.717, 1.165) is 52.8 Å². The number of rotatable bonds is 46. The van der Waals surface area contributed by atoms with E-state index in [1.165, 1.54) is 327 Å². The Morgan fingerprint density at radius 3 is 1.14 bits per heavy atom. The lowest BCUT2D eigenvalue weighted by Gasteiger charge is -2.15. The summed E-state index contributed by atoms with van der Waals surface area (Å²) in [5, 5.41) is 2.73. The van der Waals surface area contributed by atoms with Gasteiger partial charge in [0.1, 0.15) is 0 Å². The van der Waals surface area contributed by atoms with Crippen LogP contribution in [0, 0.1) is 20.8 Å². The number of fused-ring (bicyclic) bond motifs is 4. The van der Waals surface area contributed by atoms with E-state index in [1.54, 1.807) is 0 Å². The molecule has 0 N–H and O–H groups in total. The monoisotopic (exact) mass is 1290 g/mol. The first-order valence-electron chi connectivity index (χ1n) is 37.5. The lowest BCUT2D eigenvalue weighted by molar-refractivity contribution is 0.525. The van der Waals surface area contributed by atoms with Crippen molar-refractivity contribution < 1.29 is 0 Å². The average molecular weight is 1290 g/mol. The second-order valence-corrected chi connectivity index (χ2v) is 32.1. The van der Waals surface area contributed by atoms with Gasteiger partial charge in [-0.1, -0.05) is 324 Å². The molecule has 91 heavy (non-hydrogen) atoms. The van der Waals surface area contributed by atoms with Crippen LogP contribution in [0.25, 0.3) is 84.4 Å². The highest BCUT2D eigenvalue weighted by Crippen LogP contribution is 2.49. The molecular formula is C85H116N2S4. The second-order valence-electron chi connectivity index (χ2n) is 27.5. The standard InChI is InChI=1S/C85H116N2S4/c1-7-10-13-16-19-22-25-26-27-28-29-30-31-32-33-36-39-42-45-67-50-54-69(55-51-67)80-79(68-52-48-64(4)49-53-68)86-82-75(59-58-74(81(82)87-80)76-61-70(66(6)89-76)46-43-40-37-34-23-20-17-14-11-8-2)77-62-71(47-44-41-38-35-24-21-18-15-12-9-3)83(90-77)78-63-73-57-56-72-60-65(5)88-84(72)85(73)91-78/h48-63H,7-47H2,1-6H3. The topological polar surface area (TPSA) is 25.8 Å². The Morgan fingerprint density at radius 2 is 0.681 bits per heavy atom. The van der Waals surface area contributed by atoms with Gasteiger partial charge in [-0.2, -0.15) is 0 Å². The molecule has 0 amide bonds. The van der Waals surface area contributed by atoms with Crippen LogP contribution in [0.1, 0.15) is 297 Å². The predicted octanol–water partition coefficient (Wildman–Crippen LogP) is 30.0. The van der Waals surface area contributed by atoms with Crippen molar-refractivity contribution in [1.82, 2.24) is 9.97 Å². The minimum atomic E-state index is 0.966. The van der Waals surface area contributed by atoms with Gasteiger partial charge in [-0.15, -0.1) is 45.3 Å². The van der Waals surface area contributed by atoms with Gasteiger partial charge in [0.25, 0.3) is 0 Å². The zero-order valence-corrected chi connectivity index (χ0v) is 61.0. The van der Waals surface area contributed by atoms with Crippen LogP contribution >= 0.6 is 45.3 Å². The Morgan fingerprint density at radius 1 is 0.308 bits per heavy atom. The van der Waals surface area contributed by atoms with Crippen molar-refractivity contribution in [3.05, 3.63) is 129 Å². The van der Waals surface area contributed by atoms with Crippen LogP contribution in [0.2, 0.25) is 0 Å². The molecule has 0 atom stereocenters. The number of unbranched alkanes of at least 4 members (excludes halogenated alkanes) is 35. The third kappa shape index (κ3) is 21.8. The summed E-state index contributed by atoms with van der Waals surface area (Å²) in [4.78, 5) is 20.2. The van der Waals surface area contributed by atoms with Gasteiger partial charge in [-0.25, -0.2) is 9.97 Å². The van der Waals surface area contributed by atoms with E-state index in [-0.39, 0.29) is 0 Å². The summed E-state index contributed by atoms with van der Waals surface area (Å²) in [5.41, 5.74) is 14.3. The molecule has 490 valence electrons. The van der Waals surface area contributed by atoms with Gasteiger partial charge in [0, 0.05) is 51.5 Å². The lowest BCUT2D eigenvalue weighted by Crippen LogP contribution is -1.99. The Labute approximate surface area is 569 Å². The zero-order chi connectivity index (χ0) is 63.2. The van der Waals surface area contributed by atoms with Crippen molar-refractivity contribution in [3.8, 4) is 53.2 Å². The average Bonchev–Trinajstić information content (AvgIpc) is 1.75. The van der Waals surface area contributed by atoms with Crippen LogP contribution in [0.5, 0.6) is 0 Å². The minimum Gasteiger partial charge on any atom is -0.243 e. The van der Waals surface area contributed by atoms with Crippen molar-refractivity contribution in [2.75, 3.05) is 0 Å². The molecule has 2 nitrogen and oxygen atoms in total. The van der Waals surface area contributed by atoms with Gasteiger partial charge in [0.15, 0.2) is 0 Å². The Hall–Kier alpha value is -4.46. The van der Waals surface area contributed by atoms with Crippen LogP contribution in [0.4, 0.5) is 0 Å². The first kappa shape index (κ1) is 70.8. The van der Waals surface area contributed by atoms with Gasteiger partial charge in [0.2, 0.25) is 0 Å². The summed E-state index contributed by atoms with van der Waals surface area (Å²) >= 11 is 7.90. The molecule has 0 radical (unpaired) electrons. The molecule has 0 unspecified atom stereocenters. The molecule has 4 aromatic carbocycles. The van der Waals surface area contributed by atoms with E-state index < -0.39 is 0 Å².